The number of carbonyl (C=O) groups is 2. The number of nitrogens with one attached hydrogen (secondary N) is 1. The predicted octanol–water partition coefficient (Wildman–Crippen LogP) is 2.57. The molecule has 3 heterocycles. The van der Waals surface area contributed by atoms with Gasteiger partial charge in [-0.3, -0.25) is 14.4 Å². The molecule has 32 heavy (non-hydrogen) atoms. The summed E-state index contributed by atoms with van der Waals surface area (Å²) < 4.78 is 29.1. The Morgan fingerprint density at radius 1 is 0.969 bits per heavy atom. The number of anilines is 2. The Kier molecular flexibility index (Phi) is 4.80. The zero-order valence-corrected chi connectivity index (χ0v) is 17.3. The highest BCUT2D eigenvalue weighted by Crippen LogP contribution is 2.34. The largest absolute Gasteiger partial charge is 0.341 e. The molecule has 2 aliphatic rings. The van der Waals surface area contributed by atoms with Crippen LogP contribution in [0, 0.1) is 5.92 Å². The molecule has 1 amide bonds. The van der Waals surface area contributed by atoms with Gasteiger partial charge < -0.3 is 5.32 Å². The van der Waals surface area contributed by atoms with Gasteiger partial charge in [-0.15, -0.1) is 4.40 Å². The molecule has 1 N–H and O–H groups in total. The lowest BCUT2D eigenvalue weighted by atomic mass is 9.92. The van der Waals surface area contributed by atoms with Gasteiger partial charge in [0.15, 0.2) is 17.5 Å². The number of fused-ring (bicyclic) bond motifs is 2. The average Bonchev–Trinajstić information content (AvgIpc) is 2.79. The van der Waals surface area contributed by atoms with Crippen molar-refractivity contribution in [3.05, 3.63) is 84.1 Å². The Morgan fingerprint density at radius 3 is 2.53 bits per heavy atom. The van der Waals surface area contributed by atoms with Crippen LogP contribution in [0.5, 0.6) is 0 Å². The number of Topliss-reactive ketones (excluding diaryl/α,β-unsaturated/α-hetero) is 1. The number of benzene rings is 2. The average molecular weight is 448 g/mol. The summed E-state index contributed by atoms with van der Waals surface area (Å²) in [5.74, 6) is -3.14. The van der Waals surface area contributed by atoms with Crippen molar-refractivity contribution >= 4 is 39.1 Å². The highest BCUT2D eigenvalue weighted by molar-refractivity contribution is 7.90. The second kappa shape index (κ2) is 7.66. The molecule has 0 aliphatic carbocycles. The van der Waals surface area contributed by atoms with E-state index in [4.69, 9.17) is 4.84 Å². The molecule has 2 aromatic carbocycles. The van der Waals surface area contributed by atoms with Crippen molar-refractivity contribution in [3.63, 3.8) is 0 Å². The van der Waals surface area contributed by atoms with Crippen molar-refractivity contribution in [2.24, 2.45) is 10.3 Å². The summed E-state index contributed by atoms with van der Waals surface area (Å²) in [5.41, 5.74) is 1.17. The number of aromatic nitrogens is 1. The van der Waals surface area contributed by atoms with Crippen LogP contribution in [0.1, 0.15) is 15.9 Å². The Labute approximate surface area is 183 Å². The molecule has 3 aromatic rings. The predicted molar refractivity (Wildman–Crippen MR) is 115 cm³/mol. The van der Waals surface area contributed by atoms with Gasteiger partial charge in [0.1, 0.15) is 17.3 Å². The summed E-state index contributed by atoms with van der Waals surface area (Å²) in [6.45, 7) is 0.0462. The van der Waals surface area contributed by atoms with Gasteiger partial charge in [-0.2, -0.15) is 13.5 Å². The van der Waals surface area contributed by atoms with Crippen molar-refractivity contribution in [2.75, 3.05) is 10.4 Å². The first-order valence-electron chi connectivity index (χ1n) is 9.67. The number of sulfonamides is 1. The molecular weight excluding hydrogens is 432 g/mol. The highest BCUT2D eigenvalue weighted by Gasteiger charge is 2.46. The molecule has 0 spiro atoms. The summed E-state index contributed by atoms with van der Waals surface area (Å²) >= 11 is 0. The number of ketones is 1. The van der Waals surface area contributed by atoms with Crippen LogP contribution in [-0.2, 0) is 26.3 Å². The number of rotatable bonds is 4. The number of hydrogen-bond acceptors (Lipinski definition) is 7. The molecule has 5 rings (SSSR count). The van der Waals surface area contributed by atoms with E-state index >= 15 is 0 Å². The smallest absolute Gasteiger partial charge is 0.286 e. The molecular formula is C22H16N4O5S. The summed E-state index contributed by atoms with van der Waals surface area (Å²) in [5, 5.41) is 3.77. The summed E-state index contributed by atoms with van der Waals surface area (Å²) in [4.78, 5) is 36.4. The van der Waals surface area contributed by atoms with Crippen LogP contribution < -0.4 is 10.4 Å². The van der Waals surface area contributed by atoms with Gasteiger partial charge in [0.05, 0.1) is 11.3 Å². The summed E-state index contributed by atoms with van der Waals surface area (Å²) in [6.07, 6.45) is 1.44. The molecule has 2 aliphatic heterocycles. The maximum atomic E-state index is 13.4. The SMILES string of the molecule is O=C1c2cccnc2N(OCc2ccccc2)C(=O)C1C1=NS(=O)(=O)c2ccccc2N1. The Hall–Kier alpha value is -3.89. The summed E-state index contributed by atoms with van der Waals surface area (Å²) in [6, 6.07) is 18.4. The minimum atomic E-state index is -4.09. The third-order valence-electron chi connectivity index (χ3n) is 5.08. The van der Waals surface area contributed by atoms with Crippen LogP contribution in [0.3, 0.4) is 0 Å². The Morgan fingerprint density at radius 2 is 1.72 bits per heavy atom. The van der Waals surface area contributed by atoms with Crippen molar-refractivity contribution in [1.29, 1.82) is 0 Å². The maximum Gasteiger partial charge on any atom is 0.286 e. The highest BCUT2D eigenvalue weighted by atomic mass is 32.2. The van der Waals surface area contributed by atoms with E-state index in [0.717, 1.165) is 10.6 Å². The lowest BCUT2D eigenvalue weighted by Crippen LogP contribution is -2.50. The normalized spacial score (nSPS) is 18.9. The van der Waals surface area contributed by atoms with Crippen LogP contribution >= 0.6 is 0 Å². The molecule has 160 valence electrons. The van der Waals surface area contributed by atoms with E-state index in [2.05, 4.69) is 14.7 Å². The van der Waals surface area contributed by atoms with Crippen LogP contribution in [0.25, 0.3) is 0 Å². The number of nitrogens with zero attached hydrogens (tertiary/aromatic N) is 3. The van der Waals surface area contributed by atoms with Crippen LogP contribution in [0.4, 0.5) is 11.5 Å². The topological polar surface area (TPSA) is 118 Å². The molecule has 0 saturated heterocycles. The van der Waals surface area contributed by atoms with Crippen LogP contribution in [-0.4, -0.2) is 30.9 Å². The van der Waals surface area contributed by atoms with Crippen molar-refractivity contribution in [1.82, 2.24) is 4.98 Å². The minimum absolute atomic E-state index is 0.0290. The molecule has 0 fully saturated rings. The van der Waals surface area contributed by atoms with E-state index in [0.29, 0.717) is 0 Å². The second-order valence-electron chi connectivity index (χ2n) is 7.14. The number of pyridine rings is 1. The van der Waals surface area contributed by atoms with Gasteiger partial charge >= 0.3 is 0 Å². The molecule has 10 heteroatoms. The number of para-hydroxylation sites is 1. The maximum absolute atomic E-state index is 13.4. The number of hydroxylamine groups is 1. The van der Waals surface area contributed by atoms with Crippen molar-refractivity contribution < 1.29 is 22.8 Å². The zero-order chi connectivity index (χ0) is 22.3. The number of carbonyl (C=O) groups excluding carboxylic acids is 2. The molecule has 0 saturated carbocycles. The molecule has 0 radical (unpaired) electrons. The van der Waals surface area contributed by atoms with E-state index in [9.17, 15) is 18.0 Å². The molecule has 0 bridgehead atoms. The van der Waals surface area contributed by atoms with E-state index in [1.807, 2.05) is 30.3 Å². The molecule has 9 nitrogen and oxygen atoms in total. The first-order chi connectivity index (χ1) is 15.5. The molecule has 1 atom stereocenters. The van der Waals surface area contributed by atoms with E-state index in [1.54, 1.807) is 24.3 Å². The Balaban J connectivity index is 1.55. The van der Waals surface area contributed by atoms with Gasteiger partial charge in [-0.05, 0) is 29.8 Å². The lowest BCUT2D eigenvalue weighted by molar-refractivity contribution is -0.127. The standard InChI is InChI=1S/C22H16N4O5S/c27-19-15-9-6-12-23-21(15)26(31-13-14-7-2-1-3-8-14)22(28)18(19)20-24-16-10-4-5-11-17(16)32(29,30)25-20/h1-12,18H,13H2,(H,24,25). The van der Waals surface area contributed by atoms with Gasteiger partial charge in [0.2, 0.25) is 0 Å². The monoisotopic (exact) mass is 448 g/mol. The van der Waals surface area contributed by atoms with E-state index in [1.165, 1.54) is 18.3 Å². The molecule has 1 unspecified atom stereocenters. The number of hydrogen-bond donors (Lipinski definition) is 1. The zero-order valence-electron chi connectivity index (χ0n) is 16.5. The van der Waals surface area contributed by atoms with Gasteiger partial charge in [-0.1, -0.05) is 42.5 Å². The first-order valence-corrected chi connectivity index (χ1v) is 11.1. The van der Waals surface area contributed by atoms with Gasteiger partial charge in [-0.25, -0.2) is 4.98 Å². The molecule has 1 aromatic heterocycles. The fourth-order valence-electron chi connectivity index (χ4n) is 3.58. The fourth-order valence-corrected chi connectivity index (χ4v) is 4.73. The number of amides is 1. The third kappa shape index (κ3) is 3.35. The lowest BCUT2D eigenvalue weighted by Gasteiger charge is -2.32. The van der Waals surface area contributed by atoms with Crippen molar-refractivity contribution in [3.8, 4) is 0 Å². The second-order valence-corrected chi connectivity index (χ2v) is 8.71. The van der Waals surface area contributed by atoms with Crippen LogP contribution in [0.2, 0.25) is 0 Å². The third-order valence-corrected chi connectivity index (χ3v) is 6.43. The Bertz CT molecular complexity index is 1370. The van der Waals surface area contributed by atoms with Gasteiger partial charge in [0.25, 0.3) is 15.9 Å². The van der Waals surface area contributed by atoms with Crippen LogP contribution in [0.15, 0.2) is 82.2 Å². The fraction of sp³-hybridized carbons (Fsp3) is 0.0909. The van der Waals surface area contributed by atoms with Gasteiger partial charge in [0, 0.05) is 6.20 Å². The van der Waals surface area contributed by atoms with E-state index < -0.39 is 27.6 Å². The minimum Gasteiger partial charge on any atom is -0.341 e. The van der Waals surface area contributed by atoms with Crippen molar-refractivity contribution in [2.45, 2.75) is 11.5 Å². The van der Waals surface area contributed by atoms with E-state index in [-0.39, 0.29) is 34.4 Å². The first kappa shape index (κ1) is 20.0. The quantitative estimate of drug-likeness (QED) is 0.610. The summed E-state index contributed by atoms with van der Waals surface area (Å²) in [7, 11) is -4.09. The number of amidine groups is 1.